The van der Waals surface area contributed by atoms with E-state index in [9.17, 15) is 18.0 Å². The zero-order valence-electron chi connectivity index (χ0n) is 20.2. The molecule has 0 saturated heterocycles. The summed E-state index contributed by atoms with van der Waals surface area (Å²) in [5.41, 5.74) is 2.63. The van der Waals surface area contributed by atoms with Crippen molar-refractivity contribution in [1.29, 1.82) is 0 Å². The number of carbonyl (C=O) groups is 2. The fraction of sp³-hybridized carbons (Fsp3) is 0.462. The number of rotatable bonds is 8. The van der Waals surface area contributed by atoms with Gasteiger partial charge in [0, 0.05) is 29.6 Å². The SMILES string of the molecule is CC(C)N(C(=O)c1ccc(CC(=O)c2ccc(CS(=O)(=O)C(C)(C)C)cc2)cc1)C(C)C. The van der Waals surface area contributed by atoms with Gasteiger partial charge in [-0.05, 0) is 71.7 Å². The molecule has 0 aliphatic carbocycles. The molecule has 0 aliphatic heterocycles. The molecule has 174 valence electrons. The average Bonchev–Trinajstić information content (AvgIpc) is 2.67. The first-order chi connectivity index (χ1) is 14.7. The predicted molar refractivity (Wildman–Crippen MR) is 130 cm³/mol. The van der Waals surface area contributed by atoms with Crippen molar-refractivity contribution in [3.8, 4) is 0 Å². The van der Waals surface area contributed by atoms with Crippen molar-refractivity contribution in [2.75, 3.05) is 0 Å². The first-order valence-corrected chi connectivity index (χ1v) is 12.6. The number of hydrogen-bond acceptors (Lipinski definition) is 4. The van der Waals surface area contributed by atoms with Crippen molar-refractivity contribution < 1.29 is 18.0 Å². The lowest BCUT2D eigenvalue weighted by Crippen LogP contribution is -2.42. The Hall–Kier alpha value is -2.47. The van der Waals surface area contributed by atoms with Crippen molar-refractivity contribution in [3.63, 3.8) is 0 Å². The molecule has 0 aromatic heterocycles. The lowest BCUT2D eigenvalue weighted by atomic mass is 10.0. The molecule has 0 saturated carbocycles. The van der Waals surface area contributed by atoms with Gasteiger partial charge in [0.05, 0.1) is 10.5 Å². The molecule has 0 radical (unpaired) electrons. The molecular weight excluding hydrogens is 422 g/mol. The van der Waals surface area contributed by atoms with Crippen LogP contribution in [0.25, 0.3) is 0 Å². The van der Waals surface area contributed by atoms with Gasteiger partial charge in [-0.15, -0.1) is 0 Å². The second kappa shape index (κ2) is 9.99. The standard InChI is InChI=1S/C26H35NO4S/c1-18(2)27(19(3)4)25(29)23-14-8-20(9-15-23)16-24(28)22-12-10-21(11-13-22)17-32(30,31)26(5,6)7/h8-15,18-19H,16-17H2,1-7H3. The molecule has 1 amide bonds. The Morgan fingerprint density at radius 3 is 1.66 bits per heavy atom. The van der Waals surface area contributed by atoms with Crippen LogP contribution in [0.4, 0.5) is 0 Å². The van der Waals surface area contributed by atoms with Crippen molar-refractivity contribution >= 4 is 21.5 Å². The first-order valence-electron chi connectivity index (χ1n) is 11.0. The fourth-order valence-electron chi connectivity index (χ4n) is 3.49. The summed E-state index contributed by atoms with van der Waals surface area (Å²) in [7, 11) is -3.28. The van der Waals surface area contributed by atoms with Crippen molar-refractivity contribution in [2.24, 2.45) is 0 Å². The Bertz CT molecular complexity index is 1040. The molecule has 32 heavy (non-hydrogen) atoms. The normalized spacial score (nSPS) is 12.3. The third-order valence-electron chi connectivity index (χ3n) is 5.48. The Balaban J connectivity index is 2.08. The van der Waals surface area contributed by atoms with Gasteiger partial charge < -0.3 is 4.90 Å². The largest absolute Gasteiger partial charge is 0.334 e. The summed E-state index contributed by atoms with van der Waals surface area (Å²) in [5.74, 6) is -0.126. The van der Waals surface area contributed by atoms with Crippen LogP contribution in [0.1, 0.15) is 80.3 Å². The predicted octanol–water partition coefficient (Wildman–Crippen LogP) is 5.08. The molecular formula is C26H35NO4S. The van der Waals surface area contributed by atoms with Crippen LogP contribution >= 0.6 is 0 Å². The monoisotopic (exact) mass is 457 g/mol. The third-order valence-corrected chi connectivity index (χ3v) is 8.06. The molecule has 2 aromatic rings. The zero-order chi connectivity index (χ0) is 24.3. The summed E-state index contributed by atoms with van der Waals surface area (Å²) < 4.78 is 23.9. The van der Waals surface area contributed by atoms with E-state index in [1.165, 1.54) is 0 Å². The molecule has 0 heterocycles. The summed E-state index contributed by atoms with van der Waals surface area (Å²) in [6, 6.07) is 14.1. The lowest BCUT2D eigenvalue weighted by molar-refractivity contribution is 0.0643. The van der Waals surface area contributed by atoms with Gasteiger partial charge in [0.1, 0.15) is 0 Å². The summed E-state index contributed by atoms with van der Waals surface area (Å²) in [4.78, 5) is 27.3. The number of Topliss-reactive ketones (excluding diaryl/α,β-unsaturated/α-hetero) is 1. The lowest BCUT2D eigenvalue weighted by Gasteiger charge is -2.30. The maximum Gasteiger partial charge on any atom is 0.254 e. The highest BCUT2D eigenvalue weighted by Crippen LogP contribution is 2.21. The summed E-state index contributed by atoms with van der Waals surface area (Å²) >= 11 is 0. The van der Waals surface area contributed by atoms with E-state index in [-0.39, 0.29) is 35.9 Å². The maximum atomic E-state index is 12.8. The zero-order valence-corrected chi connectivity index (χ0v) is 21.0. The van der Waals surface area contributed by atoms with E-state index in [1.54, 1.807) is 57.2 Å². The van der Waals surface area contributed by atoms with Crippen LogP contribution < -0.4 is 0 Å². The average molecular weight is 458 g/mol. The van der Waals surface area contributed by atoms with Gasteiger partial charge in [-0.25, -0.2) is 8.42 Å². The summed E-state index contributed by atoms with van der Waals surface area (Å²) in [5, 5.41) is 0. The number of nitrogens with zero attached hydrogens (tertiary/aromatic N) is 1. The van der Waals surface area contributed by atoms with Crippen LogP contribution in [-0.2, 0) is 22.0 Å². The second-order valence-electron chi connectivity index (χ2n) is 9.77. The van der Waals surface area contributed by atoms with Crippen molar-refractivity contribution in [3.05, 3.63) is 70.8 Å². The van der Waals surface area contributed by atoms with E-state index < -0.39 is 14.6 Å². The Morgan fingerprint density at radius 2 is 1.22 bits per heavy atom. The van der Waals surface area contributed by atoms with Crippen LogP contribution in [0.3, 0.4) is 0 Å². The molecule has 6 heteroatoms. The summed E-state index contributed by atoms with van der Waals surface area (Å²) in [6.07, 6.45) is 0.214. The highest BCUT2D eigenvalue weighted by Gasteiger charge is 2.29. The topological polar surface area (TPSA) is 71.5 Å². The third kappa shape index (κ3) is 6.28. The van der Waals surface area contributed by atoms with Crippen LogP contribution in [0.15, 0.2) is 48.5 Å². The van der Waals surface area contributed by atoms with Crippen LogP contribution in [0.2, 0.25) is 0 Å². The minimum absolute atomic E-state index is 0.0197. The molecule has 5 nitrogen and oxygen atoms in total. The molecule has 2 aromatic carbocycles. The minimum atomic E-state index is -3.28. The van der Waals surface area contributed by atoms with Gasteiger partial charge in [0.25, 0.3) is 5.91 Å². The number of carbonyl (C=O) groups excluding carboxylic acids is 2. The van der Waals surface area contributed by atoms with Gasteiger partial charge >= 0.3 is 0 Å². The van der Waals surface area contributed by atoms with Crippen LogP contribution in [0.5, 0.6) is 0 Å². The van der Waals surface area contributed by atoms with E-state index in [2.05, 4.69) is 0 Å². The van der Waals surface area contributed by atoms with Gasteiger partial charge in [-0.3, -0.25) is 9.59 Å². The number of hydrogen-bond donors (Lipinski definition) is 0. The highest BCUT2D eigenvalue weighted by atomic mass is 32.2. The number of ketones is 1. The van der Waals surface area contributed by atoms with Crippen LogP contribution in [0, 0.1) is 0 Å². The Labute approximate surface area is 192 Å². The van der Waals surface area contributed by atoms with E-state index >= 15 is 0 Å². The van der Waals surface area contributed by atoms with E-state index in [0.717, 1.165) is 5.56 Å². The smallest absolute Gasteiger partial charge is 0.254 e. The van der Waals surface area contributed by atoms with Gasteiger partial charge in [-0.2, -0.15) is 0 Å². The first kappa shape index (κ1) is 25.8. The van der Waals surface area contributed by atoms with Crippen LogP contribution in [-0.4, -0.2) is 41.8 Å². The molecule has 0 aliphatic rings. The van der Waals surface area contributed by atoms with Gasteiger partial charge in [-0.1, -0.05) is 36.4 Å². The van der Waals surface area contributed by atoms with Gasteiger partial charge in [0.15, 0.2) is 15.6 Å². The molecule has 0 bridgehead atoms. The molecule has 0 unspecified atom stereocenters. The van der Waals surface area contributed by atoms with Crippen molar-refractivity contribution in [1.82, 2.24) is 4.90 Å². The minimum Gasteiger partial charge on any atom is -0.334 e. The number of benzene rings is 2. The molecule has 0 N–H and O–H groups in total. The van der Waals surface area contributed by atoms with E-state index in [4.69, 9.17) is 0 Å². The second-order valence-corrected chi connectivity index (χ2v) is 12.5. The molecule has 2 rings (SSSR count). The number of amides is 1. The van der Waals surface area contributed by atoms with Gasteiger partial charge in [0.2, 0.25) is 0 Å². The maximum absolute atomic E-state index is 12.8. The molecule has 0 spiro atoms. The summed E-state index contributed by atoms with van der Waals surface area (Å²) in [6.45, 7) is 13.0. The Kier molecular flexibility index (Phi) is 8.05. The molecule has 0 atom stereocenters. The number of sulfone groups is 1. The van der Waals surface area contributed by atoms with E-state index in [1.807, 2.05) is 44.7 Å². The quantitative estimate of drug-likeness (QED) is 0.518. The highest BCUT2D eigenvalue weighted by molar-refractivity contribution is 7.91. The Morgan fingerprint density at radius 1 is 0.781 bits per heavy atom. The van der Waals surface area contributed by atoms with E-state index in [0.29, 0.717) is 16.7 Å². The fourth-order valence-corrected chi connectivity index (χ4v) is 4.55. The molecule has 0 fully saturated rings. The van der Waals surface area contributed by atoms with Crippen molar-refractivity contribution in [2.45, 2.75) is 77.5 Å².